The molecule has 0 bridgehead atoms. The van der Waals surface area contributed by atoms with Crippen LogP contribution in [0.15, 0.2) is 54.9 Å². The van der Waals surface area contributed by atoms with Crippen molar-refractivity contribution in [3.05, 3.63) is 60.6 Å². The van der Waals surface area contributed by atoms with Gasteiger partial charge in [-0.15, -0.1) is 0 Å². The van der Waals surface area contributed by atoms with Crippen molar-refractivity contribution < 1.29 is 5.02 Å². The summed E-state index contributed by atoms with van der Waals surface area (Å²) in [4.78, 5) is 0. The maximum absolute atomic E-state index is 10.0. The molecule has 0 fully saturated rings. The predicted molar refractivity (Wildman–Crippen MR) is 105 cm³/mol. The largest absolute Gasteiger partial charge is 0.447 e. The summed E-state index contributed by atoms with van der Waals surface area (Å²) in [5, 5.41) is 32.2. The van der Waals surface area contributed by atoms with Crippen molar-refractivity contribution in [2.45, 2.75) is 6.82 Å². The number of nitrogens with zero attached hydrogens (tertiary/aromatic N) is 5. The molecule has 8 heteroatoms. The van der Waals surface area contributed by atoms with Crippen LogP contribution >= 0.6 is 0 Å². The van der Waals surface area contributed by atoms with Crippen LogP contribution in [0.1, 0.15) is 5.69 Å². The second kappa shape index (κ2) is 6.55. The van der Waals surface area contributed by atoms with E-state index in [0.717, 1.165) is 27.7 Å². The Morgan fingerprint density at radius 1 is 1.19 bits per heavy atom. The summed E-state index contributed by atoms with van der Waals surface area (Å²) >= 11 is 0. The fourth-order valence-electron chi connectivity index (χ4n) is 3.01. The van der Waals surface area contributed by atoms with E-state index in [2.05, 4.69) is 15.3 Å². The van der Waals surface area contributed by atoms with Gasteiger partial charge in [0.2, 0.25) is 0 Å². The minimum Gasteiger partial charge on any atom is -0.447 e. The molecule has 0 unspecified atom stereocenters. The maximum atomic E-state index is 10.0. The number of nitrogens with two attached hydrogens (primary N) is 1. The van der Waals surface area contributed by atoms with Crippen molar-refractivity contribution in [3.8, 4) is 22.9 Å². The zero-order valence-electron chi connectivity index (χ0n) is 14.5. The first-order valence-corrected chi connectivity index (χ1v) is 8.36. The van der Waals surface area contributed by atoms with Gasteiger partial charge in [-0.05, 0) is 35.3 Å². The average molecular weight is 354 g/mol. The van der Waals surface area contributed by atoms with Gasteiger partial charge in [0.05, 0.1) is 23.1 Å². The molecule has 0 atom stereocenters. The molecule has 0 saturated heterocycles. The summed E-state index contributed by atoms with van der Waals surface area (Å²) in [7, 11) is 0. The number of nitriles is 1. The lowest BCUT2D eigenvalue weighted by molar-refractivity contribution is 0.594. The summed E-state index contributed by atoms with van der Waals surface area (Å²) in [6.07, 6.45) is 3.26. The second-order valence-corrected chi connectivity index (χ2v) is 6.24. The SMILES string of the molecule is CB(O)c1ccc(-n2ccc(C#N)n2)c(-c2ccc3c(N)cnnc3c2)c1. The van der Waals surface area contributed by atoms with Gasteiger partial charge in [0, 0.05) is 17.1 Å². The Balaban J connectivity index is 1.94. The van der Waals surface area contributed by atoms with Gasteiger partial charge < -0.3 is 10.8 Å². The van der Waals surface area contributed by atoms with E-state index in [0.29, 0.717) is 16.9 Å². The summed E-state index contributed by atoms with van der Waals surface area (Å²) < 4.78 is 1.65. The second-order valence-electron chi connectivity index (χ2n) is 6.24. The van der Waals surface area contributed by atoms with Gasteiger partial charge in [-0.1, -0.05) is 25.0 Å². The zero-order chi connectivity index (χ0) is 19.0. The molecule has 4 rings (SSSR count). The first kappa shape index (κ1) is 16.8. The molecule has 2 aromatic carbocycles. The van der Waals surface area contributed by atoms with Crippen molar-refractivity contribution in [1.29, 1.82) is 5.26 Å². The molecule has 0 aliphatic heterocycles. The Labute approximate surface area is 155 Å². The van der Waals surface area contributed by atoms with E-state index in [4.69, 9.17) is 11.0 Å². The van der Waals surface area contributed by atoms with E-state index in [1.165, 1.54) is 6.20 Å². The molecule has 130 valence electrons. The van der Waals surface area contributed by atoms with Crippen LogP contribution in [0.25, 0.3) is 27.7 Å². The van der Waals surface area contributed by atoms with Gasteiger partial charge in [-0.2, -0.15) is 20.6 Å². The Morgan fingerprint density at radius 3 is 2.78 bits per heavy atom. The van der Waals surface area contributed by atoms with E-state index in [-0.39, 0.29) is 0 Å². The highest BCUT2D eigenvalue weighted by atomic mass is 16.2. The molecule has 0 aliphatic rings. The molecule has 27 heavy (non-hydrogen) atoms. The maximum Gasteiger partial charge on any atom is 0.320 e. The van der Waals surface area contributed by atoms with Gasteiger partial charge in [0.1, 0.15) is 6.07 Å². The highest BCUT2D eigenvalue weighted by molar-refractivity contribution is 6.64. The Bertz CT molecular complexity index is 1190. The van der Waals surface area contributed by atoms with Crippen LogP contribution in [0.2, 0.25) is 6.82 Å². The third kappa shape index (κ3) is 3.01. The number of hydrogen-bond acceptors (Lipinski definition) is 6. The van der Waals surface area contributed by atoms with Crippen LogP contribution in [0, 0.1) is 11.3 Å². The van der Waals surface area contributed by atoms with Crippen molar-refractivity contribution >= 4 is 29.0 Å². The number of hydrogen-bond donors (Lipinski definition) is 2. The van der Waals surface area contributed by atoms with E-state index in [1.807, 2.05) is 42.5 Å². The fraction of sp³-hybridized carbons (Fsp3) is 0.0526. The number of anilines is 1. The molecule has 7 nitrogen and oxygen atoms in total. The summed E-state index contributed by atoms with van der Waals surface area (Å²) in [6, 6.07) is 15.1. The standard InChI is InChI=1S/C19H15BN6O/c1-20(27)13-3-5-19(26-7-6-14(10-21)25-26)16(9-13)12-2-4-15-17(22)11-23-24-18(15)8-12/h2-9,11,27H,1H3,(H2,22,24). The smallest absolute Gasteiger partial charge is 0.320 e. The summed E-state index contributed by atoms with van der Waals surface area (Å²) in [6.45, 7) is 1.11. The quantitative estimate of drug-likeness (QED) is 0.542. The minimum absolute atomic E-state index is 0.331. The Kier molecular flexibility index (Phi) is 4.07. The molecule has 0 spiro atoms. The first-order chi connectivity index (χ1) is 13.1. The topological polar surface area (TPSA) is 114 Å². The molecule has 0 amide bonds. The number of aromatic nitrogens is 4. The Morgan fingerprint density at radius 2 is 2.04 bits per heavy atom. The highest BCUT2D eigenvalue weighted by Gasteiger charge is 2.15. The molecule has 0 saturated carbocycles. The van der Waals surface area contributed by atoms with E-state index in [9.17, 15) is 5.02 Å². The molecule has 2 aromatic heterocycles. The van der Waals surface area contributed by atoms with E-state index >= 15 is 0 Å². The lowest BCUT2D eigenvalue weighted by atomic mass is 9.64. The summed E-state index contributed by atoms with van der Waals surface area (Å²) in [5.74, 6) is 0. The van der Waals surface area contributed by atoms with Crippen molar-refractivity contribution in [2.24, 2.45) is 0 Å². The van der Waals surface area contributed by atoms with Crippen LogP contribution in [0.4, 0.5) is 5.69 Å². The van der Waals surface area contributed by atoms with E-state index in [1.54, 1.807) is 23.8 Å². The number of fused-ring (bicyclic) bond motifs is 1. The highest BCUT2D eigenvalue weighted by Crippen LogP contribution is 2.29. The van der Waals surface area contributed by atoms with Crippen LogP contribution < -0.4 is 11.2 Å². The fourth-order valence-corrected chi connectivity index (χ4v) is 3.01. The molecule has 0 radical (unpaired) electrons. The number of rotatable bonds is 3. The van der Waals surface area contributed by atoms with Gasteiger partial charge in [0.15, 0.2) is 5.69 Å². The molecular weight excluding hydrogens is 339 g/mol. The van der Waals surface area contributed by atoms with Crippen LogP contribution in [-0.4, -0.2) is 31.9 Å². The van der Waals surface area contributed by atoms with Gasteiger partial charge in [0.25, 0.3) is 0 Å². The molecule has 0 aliphatic carbocycles. The van der Waals surface area contributed by atoms with Gasteiger partial charge >= 0.3 is 6.92 Å². The molecular formula is C19H15BN6O. The van der Waals surface area contributed by atoms with Crippen molar-refractivity contribution in [2.75, 3.05) is 5.73 Å². The first-order valence-electron chi connectivity index (χ1n) is 8.36. The lowest BCUT2D eigenvalue weighted by Crippen LogP contribution is -2.26. The Hall–Kier alpha value is -3.70. The normalized spacial score (nSPS) is 10.7. The zero-order valence-corrected chi connectivity index (χ0v) is 14.5. The van der Waals surface area contributed by atoms with Crippen LogP contribution in [-0.2, 0) is 0 Å². The van der Waals surface area contributed by atoms with Gasteiger partial charge in [-0.25, -0.2) is 4.68 Å². The van der Waals surface area contributed by atoms with Crippen molar-refractivity contribution in [1.82, 2.24) is 20.0 Å². The minimum atomic E-state index is -0.610. The van der Waals surface area contributed by atoms with Crippen LogP contribution in [0.5, 0.6) is 0 Å². The van der Waals surface area contributed by atoms with E-state index < -0.39 is 6.92 Å². The predicted octanol–water partition coefficient (Wildman–Crippen LogP) is 1.76. The lowest BCUT2D eigenvalue weighted by Gasteiger charge is -2.13. The van der Waals surface area contributed by atoms with Gasteiger partial charge in [-0.3, -0.25) is 0 Å². The molecule has 3 N–H and O–H groups in total. The molecule has 4 aromatic rings. The average Bonchev–Trinajstić information content (AvgIpc) is 3.16. The monoisotopic (exact) mass is 354 g/mol. The number of benzene rings is 2. The third-order valence-electron chi connectivity index (χ3n) is 4.44. The third-order valence-corrected chi connectivity index (χ3v) is 4.44. The van der Waals surface area contributed by atoms with Crippen LogP contribution in [0.3, 0.4) is 0 Å². The number of nitrogen functional groups attached to an aromatic ring is 1. The molecule has 2 heterocycles. The van der Waals surface area contributed by atoms with Crippen molar-refractivity contribution in [3.63, 3.8) is 0 Å². The summed E-state index contributed by atoms with van der Waals surface area (Å²) in [5.41, 5.74) is 10.8.